The number of nitrogens with zero attached hydrogens (tertiary/aromatic N) is 2. The van der Waals surface area contributed by atoms with Crippen LogP contribution in [-0.2, 0) is 0 Å². The van der Waals surface area contributed by atoms with Crippen LogP contribution in [-0.4, -0.2) is 21.6 Å². The third-order valence-corrected chi connectivity index (χ3v) is 5.32. The maximum absolute atomic E-state index is 11.9. The van der Waals surface area contributed by atoms with E-state index in [2.05, 4.69) is 44.6 Å². The van der Waals surface area contributed by atoms with Crippen molar-refractivity contribution in [2.45, 2.75) is 27.2 Å². The molecule has 2 aromatic heterocycles. The highest BCUT2D eigenvalue weighted by molar-refractivity contribution is 6.32. The van der Waals surface area contributed by atoms with Crippen LogP contribution in [0.1, 0.15) is 32.8 Å². The number of hydrogen-bond acceptors (Lipinski definition) is 4. The number of aromatic amines is 1. The van der Waals surface area contributed by atoms with E-state index < -0.39 is 0 Å². The lowest BCUT2D eigenvalue weighted by molar-refractivity contribution is 0.340. The lowest BCUT2D eigenvalue weighted by Gasteiger charge is -2.10. The highest BCUT2D eigenvalue weighted by atomic mass is 35.5. The average molecular weight is 505 g/mol. The molecule has 0 fully saturated rings. The molecule has 1 aliphatic carbocycles. The van der Waals surface area contributed by atoms with Gasteiger partial charge in [0.05, 0.1) is 17.0 Å². The van der Waals surface area contributed by atoms with Gasteiger partial charge in [-0.2, -0.15) is 0 Å². The maximum atomic E-state index is 11.9. The SMILES string of the molecule is CC.CCOc1ccc(Nc2ncnc3c2=CC(c2cc[nH]c2)=CCC=3)cc1Cl.Fc1ccccc1. The second-order valence-corrected chi connectivity index (χ2v) is 7.77. The van der Waals surface area contributed by atoms with Gasteiger partial charge in [-0.25, -0.2) is 14.4 Å². The van der Waals surface area contributed by atoms with Crippen molar-refractivity contribution < 1.29 is 9.13 Å². The summed E-state index contributed by atoms with van der Waals surface area (Å²) in [5.41, 5.74) is 3.11. The fourth-order valence-electron chi connectivity index (χ4n) is 3.43. The Bertz CT molecular complexity index is 1390. The summed E-state index contributed by atoms with van der Waals surface area (Å²) in [6, 6.07) is 15.6. The minimum absolute atomic E-state index is 0.178. The Morgan fingerprint density at radius 1 is 1.06 bits per heavy atom. The third kappa shape index (κ3) is 7.30. The van der Waals surface area contributed by atoms with Gasteiger partial charge in [0.25, 0.3) is 0 Å². The van der Waals surface area contributed by atoms with Crippen LogP contribution >= 0.6 is 11.6 Å². The molecule has 1 aliphatic rings. The van der Waals surface area contributed by atoms with Gasteiger partial charge < -0.3 is 15.0 Å². The zero-order valence-corrected chi connectivity index (χ0v) is 21.4. The van der Waals surface area contributed by atoms with E-state index in [-0.39, 0.29) is 5.82 Å². The van der Waals surface area contributed by atoms with Crippen LogP contribution in [0.25, 0.3) is 17.7 Å². The van der Waals surface area contributed by atoms with Crippen molar-refractivity contribution in [1.82, 2.24) is 15.0 Å². The van der Waals surface area contributed by atoms with Crippen LogP contribution in [0.4, 0.5) is 15.9 Å². The number of allylic oxidation sites excluding steroid dienone is 2. The number of anilines is 2. The molecule has 4 aromatic rings. The summed E-state index contributed by atoms with van der Waals surface area (Å²) in [7, 11) is 0. The third-order valence-electron chi connectivity index (χ3n) is 5.02. The van der Waals surface area contributed by atoms with Crippen molar-refractivity contribution in [2.75, 3.05) is 11.9 Å². The van der Waals surface area contributed by atoms with E-state index >= 15 is 0 Å². The van der Waals surface area contributed by atoms with E-state index in [1.54, 1.807) is 24.5 Å². The molecule has 2 heterocycles. The number of fused-ring (bicyclic) bond motifs is 1. The first-order chi connectivity index (χ1) is 17.6. The second kappa shape index (κ2) is 13.9. The van der Waals surface area contributed by atoms with Crippen molar-refractivity contribution in [3.63, 3.8) is 0 Å². The summed E-state index contributed by atoms with van der Waals surface area (Å²) in [6.45, 7) is 6.51. The number of ether oxygens (including phenoxy) is 1. The van der Waals surface area contributed by atoms with E-state index in [4.69, 9.17) is 16.3 Å². The average Bonchev–Trinajstić information content (AvgIpc) is 3.35. The molecular formula is C29H30ClFN4O. The zero-order valence-electron chi connectivity index (χ0n) is 20.6. The number of nitrogens with one attached hydrogen (secondary N) is 2. The van der Waals surface area contributed by atoms with Crippen LogP contribution in [0.15, 0.2) is 79.4 Å². The monoisotopic (exact) mass is 504 g/mol. The Morgan fingerprint density at radius 2 is 1.86 bits per heavy atom. The number of H-pyrrole nitrogens is 1. The fourth-order valence-corrected chi connectivity index (χ4v) is 3.67. The number of halogens is 2. The van der Waals surface area contributed by atoms with Crippen molar-refractivity contribution >= 4 is 40.8 Å². The lowest BCUT2D eigenvalue weighted by atomic mass is 10.1. The predicted octanol–water partition coefficient (Wildman–Crippen LogP) is 6.50. The molecule has 0 spiro atoms. The maximum Gasteiger partial charge on any atom is 0.141 e. The van der Waals surface area contributed by atoms with Crippen LogP contribution in [0.5, 0.6) is 5.75 Å². The highest BCUT2D eigenvalue weighted by Gasteiger charge is 2.08. The summed E-state index contributed by atoms with van der Waals surface area (Å²) < 4.78 is 17.4. The first kappa shape index (κ1) is 26.7. The molecule has 0 saturated carbocycles. The Kier molecular flexibility index (Phi) is 10.3. The molecule has 0 bridgehead atoms. The van der Waals surface area contributed by atoms with E-state index in [0.717, 1.165) is 39.6 Å². The molecule has 0 saturated heterocycles. The minimum atomic E-state index is -0.178. The topological polar surface area (TPSA) is 62.8 Å². The summed E-state index contributed by atoms with van der Waals surface area (Å²) in [5.74, 6) is 1.23. The van der Waals surface area contributed by atoms with Gasteiger partial charge in [-0.15, -0.1) is 0 Å². The standard InChI is InChI=1S/C21H19ClN4O.C6H5F.C2H6/c1-2-27-20-7-6-16(11-18(20)22)26-21-17-10-14(15-8-9-23-12-15)4-3-5-19(17)24-13-25-21;7-6-4-2-1-3-5-6;1-2/h4-13,23H,2-3H2,1H3,(H,24,25,26);1-5H;1-2H3. The van der Waals surface area contributed by atoms with Crippen molar-refractivity contribution in [1.29, 1.82) is 0 Å². The molecule has 0 unspecified atom stereocenters. The number of rotatable bonds is 5. The van der Waals surface area contributed by atoms with Gasteiger partial charge in [0.2, 0.25) is 0 Å². The molecule has 7 heteroatoms. The lowest BCUT2D eigenvalue weighted by Crippen LogP contribution is -2.31. The summed E-state index contributed by atoms with van der Waals surface area (Å²) in [4.78, 5) is 12.0. The Hall–Kier alpha value is -3.90. The van der Waals surface area contributed by atoms with Crippen molar-refractivity contribution in [3.05, 3.63) is 106 Å². The fraction of sp³-hybridized carbons (Fsp3) is 0.172. The molecule has 2 N–H and O–H groups in total. The van der Waals surface area contributed by atoms with Crippen molar-refractivity contribution in [3.8, 4) is 5.75 Å². The molecule has 0 radical (unpaired) electrons. The van der Waals surface area contributed by atoms with Crippen LogP contribution in [0.2, 0.25) is 5.02 Å². The molecule has 5 nitrogen and oxygen atoms in total. The first-order valence-electron chi connectivity index (χ1n) is 11.9. The quantitative estimate of drug-likeness (QED) is 0.325. The number of aromatic nitrogens is 3. The van der Waals surface area contributed by atoms with E-state index in [1.807, 2.05) is 51.4 Å². The molecule has 0 atom stereocenters. The number of hydrogen-bond donors (Lipinski definition) is 2. The van der Waals surface area contributed by atoms with Crippen LogP contribution in [0.3, 0.4) is 0 Å². The van der Waals surface area contributed by atoms with Crippen molar-refractivity contribution in [2.24, 2.45) is 0 Å². The Morgan fingerprint density at radius 3 is 2.50 bits per heavy atom. The first-order valence-corrected chi connectivity index (χ1v) is 12.3. The molecule has 0 amide bonds. The van der Waals surface area contributed by atoms with Gasteiger partial charge in [-0.05, 0) is 67.0 Å². The Labute approximate surface area is 216 Å². The van der Waals surface area contributed by atoms with E-state index in [9.17, 15) is 4.39 Å². The summed E-state index contributed by atoms with van der Waals surface area (Å²) in [6.07, 6.45) is 12.7. The summed E-state index contributed by atoms with van der Waals surface area (Å²) >= 11 is 6.31. The molecule has 2 aromatic carbocycles. The zero-order chi connectivity index (χ0) is 25.8. The van der Waals surface area contributed by atoms with E-state index in [0.29, 0.717) is 17.4 Å². The van der Waals surface area contributed by atoms with Gasteiger partial charge in [0, 0.05) is 23.3 Å². The Balaban J connectivity index is 0.000000342. The van der Waals surface area contributed by atoms with Crippen LogP contribution < -0.4 is 20.6 Å². The molecule has 0 aliphatic heterocycles. The highest BCUT2D eigenvalue weighted by Crippen LogP contribution is 2.28. The smallest absolute Gasteiger partial charge is 0.141 e. The normalized spacial score (nSPS) is 11.5. The van der Waals surface area contributed by atoms with E-state index in [1.165, 1.54) is 12.1 Å². The molecule has 36 heavy (non-hydrogen) atoms. The largest absolute Gasteiger partial charge is 0.492 e. The number of benzene rings is 2. The molecular weight excluding hydrogens is 475 g/mol. The van der Waals surface area contributed by atoms with Gasteiger partial charge in [0.1, 0.15) is 23.7 Å². The van der Waals surface area contributed by atoms with Crippen LogP contribution in [0, 0.1) is 5.82 Å². The van der Waals surface area contributed by atoms with Gasteiger partial charge in [0.15, 0.2) is 0 Å². The molecule has 5 rings (SSSR count). The molecule has 186 valence electrons. The van der Waals surface area contributed by atoms with Gasteiger partial charge >= 0.3 is 0 Å². The predicted molar refractivity (Wildman–Crippen MR) is 147 cm³/mol. The van der Waals surface area contributed by atoms with Gasteiger partial charge in [-0.1, -0.05) is 55.8 Å². The second-order valence-electron chi connectivity index (χ2n) is 7.36. The van der Waals surface area contributed by atoms with Gasteiger partial charge in [-0.3, -0.25) is 0 Å². The minimum Gasteiger partial charge on any atom is -0.492 e. The summed E-state index contributed by atoms with van der Waals surface area (Å²) in [5, 5.41) is 5.78.